The van der Waals surface area contributed by atoms with E-state index in [1.165, 1.54) is 0 Å². The Balaban J connectivity index is 2.15. The molecule has 0 aliphatic rings. The lowest BCUT2D eigenvalue weighted by Gasteiger charge is -2.18. The third-order valence-corrected chi connectivity index (χ3v) is 3.52. The van der Waals surface area contributed by atoms with Gasteiger partial charge in [-0.3, -0.25) is 0 Å². The van der Waals surface area contributed by atoms with Crippen LogP contribution in [0.2, 0.25) is 0 Å². The number of hydrogen-bond acceptors (Lipinski definition) is 5. The topological polar surface area (TPSA) is 66.5 Å². The third kappa shape index (κ3) is 2.65. The fourth-order valence-corrected chi connectivity index (χ4v) is 2.41. The van der Waals surface area contributed by atoms with E-state index in [0.29, 0.717) is 18.1 Å². The van der Waals surface area contributed by atoms with Gasteiger partial charge in [0.05, 0.1) is 6.61 Å². The molecule has 0 fully saturated rings. The number of rotatable bonds is 4. The molecule has 114 valence electrons. The van der Waals surface area contributed by atoms with E-state index >= 15 is 0 Å². The van der Waals surface area contributed by atoms with Gasteiger partial charge in [-0.25, -0.2) is 4.98 Å². The standard InChI is InChI=1S/C16H19N5O/c1-11-5-4-6-13(9-11)15-18-16-17-12(2)10-14(21(16)19-15)20(3)7-8-22/h4-6,9-10,22H,7-8H2,1-3H3. The van der Waals surface area contributed by atoms with E-state index in [1.54, 1.807) is 4.52 Å². The van der Waals surface area contributed by atoms with Gasteiger partial charge in [0.15, 0.2) is 5.82 Å². The average Bonchev–Trinajstić information content (AvgIpc) is 2.90. The van der Waals surface area contributed by atoms with Gasteiger partial charge in [-0.1, -0.05) is 23.8 Å². The summed E-state index contributed by atoms with van der Waals surface area (Å²) in [6.45, 7) is 4.58. The zero-order valence-corrected chi connectivity index (χ0v) is 13.0. The van der Waals surface area contributed by atoms with Crippen LogP contribution in [0, 0.1) is 13.8 Å². The molecule has 0 unspecified atom stereocenters. The number of aliphatic hydroxyl groups is 1. The minimum Gasteiger partial charge on any atom is -0.395 e. The summed E-state index contributed by atoms with van der Waals surface area (Å²) in [7, 11) is 1.92. The van der Waals surface area contributed by atoms with Gasteiger partial charge in [-0.2, -0.15) is 9.50 Å². The summed E-state index contributed by atoms with van der Waals surface area (Å²) >= 11 is 0. The van der Waals surface area contributed by atoms with Crippen molar-refractivity contribution in [1.29, 1.82) is 0 Å². The van der Waals surface area contributed by atoms with Crippen molar-refractivity contribution in [2.75, 3.05) is 25.1 Å². The van der Waals surface area contributed by atoms with Crippen LogP contribution in [0.4, 0.5) is 5.82 Å². The Hall–Kier alpha value is -2.47. The van der Waals surface area contributed by atoms with Crippen molar-refractivity contribution in [2.45, 2.75) is 13.8 Å². The number of aromatic nitrogens is 4. The number of likely N-dealkylation sites (N-methyl/N-ethyl adjacent to an activating group) is 1. The molecule has 0 atom stereocenters. The lowest BCUT2D eigenvalue weighted by atomic mass is 10.1. The molecule has 1 N–H and O–H groups in total. The number of benzene rings is 1. The van der Waals surface area contributed by atoms with Crippen LogP contribution in [-0.2, 0) is 0 Å². The number of anilines is 1. The van der Waals surface area contributed by atoms with Crippen molar-refractivity contribution < 1.29 is 5.11 Å². The van der Waals surface area contributed by atoms with E-state index in [9.17, 15) is 0 Å². The first-order valence-corrected chi connectivity index (χ1v) is 7.22. The van der Waals surface area contributed by atoms with Crippen molar-refractivity contribution in [1.82, 2.24) is 19.6 Å². The number of nitrogens with zero attached hydrogens (tertiary/aromatic N) is 5. The number of hydrogen-bond donors (Lipinski definition) is 1. The van der Waals surface area contributed by atoms with Crippen LogP contribution >= 0.6 is 0 Å². The van der Waals surface area contributed by atoms with Crippen molar-refractivity contribution in [3.05, 3.63) is 41.6 Å². The highest BCUT2D eigenvalue weighted by molar-refractivity contribution is 5.59. The molecule has 0 spiro atoms. The molecule has 3 rings (SSSR count). The maximum absolute atomic E-state index is 9.15. The lowest BCUT2D eigenvalue weighted by molar-refractivity contribution is 0.303. The van der Waals surface area contributed by atoms with Gasteiger partial charge in [-0.15, -0.1) is 5.10 Å². The lowest BCUT2D eigenvalue weighted by Crippen LogP contribution is -2.24. The summed E-state index contributed by atoms with van der Waals surface area (Å²) in [6.07, 6.45) is 0. The predicted molar refractivity (Wildman–Crippen MR) is 86.0 cm³/mol. The molecule has 0 aliphatic carbocycles. The molecule has 22 heavy (non-hydrogen) atoms. The molecule has 6 heteroatoms. The van der Waals surface area contributed by atoms with Crippen LogP contribution in [0.5, 0.6) is 0 Å². The van der Waals surface area contributed by atoms with Crippen LogP contribution < -0.4 is 4.90 Å². The highest BCUT2D eigenvalue weighted by Crippen LogP contribution is 2.20. The van der Waals surface area contributed by atoms with E-state index in [1.807, 2.05) is 50.1 Å². The van der Waals surface area contributed by atoms with Crippen LogP contribution in [0.3, 0.4) is 0 Å². The van der Waals surface area contributed by atoms with Gasteiger partial charge >= 0.3 is 0 Å². The first-order chi connectivity index (χ1) is 10.6. The molecule has 0 radical (unpaired) electrons. The third-order valence-electron chi connectivity index (χ3n) is 3.52. The molecule has 0 saturated heterocycles. The Labute approximate surface area is 129 Å². The summed E-state index contributed by atoms with van der Waals surface area (Å²) in [5, 5.41) is 13.7. The van der Waals surface area contributed by atoms with Gasteiger partial charge in [0.25, 0.3) is 5.78 Å². The molecule has 2 aromatic heterocycles. The van der Waals surface area contributed by atoms with Crippen molar-refractivity contribution in [3.8, 4) is 11.4 Å². The molecule has 0 saturated carbocycles. The second kappa shape index (κ2) is 5.73. The number of fused-ring (bicyclic) bond motifs is 1. The molecule has 0 aliphatic heterocycles. The zero-order chi connectivity index (χ0) is 15.7. The summed E-state index contributed by atoms with van der Waals surface area (Å²) in [5.41, 5.74) is 3.01. The van der Waals surface area contributed by atoms with Crippen molar-refractivity contribution in [3.63, 3.8) is 0 Å². The van der Waals surface area contributed by atoms with Gasteiger partial charge in [-0.05, 0) is 19.9 Å². The molecule has 6 nitrogen and oxygen atoms in total. The molecular weight excluding hydrogens is 278 g/mol. The van der Waals surface area contributed by atoms with Crippen LogP contribution in [0.1, 0.15) is 11.3 Å². The number of aryl methyl sites for hydroxylation is 2. The second-order valence-corrected chi connectivity index (χ2v) is 5.42. The van der Waals surface area contributed by atoms with E-state index in [0.717, 1.165) is 22.6 Å². The molecule has 0 bridgehead atoms. The summed E-state index contributed by atoms with van der Waals surface area (Å²) in [6, 6.07) is 10.0. The highest BCUT2D eigenvalue weighted by atomic mass is 16.3. The second-order valence-electron chi connectivity index (χ2n) is 5.42. The summed E-state index contributed by atoms with van der Waals surface area (Å²) in [5.74, 6) is 2.08. The summed E-state index contributed by atoms with van der Waals surface area (Å²) in [4.78, 5) is 10.9. The van der Waals surface area contributed by atoms with Crippen molar-refractivity contribution >= 4 is 11.6 Å². The first kappa shape index (κ1) is 14.5. The quantitative estimate of drug-likeness (QED) is 0.796. The van der Waals surface area contributed by atoms with Gasteiger partial charge < -0.3 is 10.0 Å². The van der Waals surface area contributed by atoms with Gasteiger partial charge in [0.2, 0.25) is 0 Å². The van der Waals surface area contributed by atoms with E-state index in [-0.39, 0.29) is 6.61 Å². The van der Waals surface area contributed by atoms with Crippen LogP contribution in [0.25, 0.3) is 17.2 Å². The highest BCUT2D eigenvalue weighted by Gasteiger charge is 2.13. The molecule has 1 aromatic carbocycles. The Morgan fingerprint density at radius 1 is 1.18 bits per heavy atom. The first-order valence-electron chi connectivity index (χ1n) is 7.22. The fourth-order valence-electron chi connectivity index (χ4n) is 2.41. The van der Waals surface area contributed by atoms with Gasteiger partial charge in [0, 0.05) is 30.9 Å². The minimum atomic E-state index is 0.0821. The Morgan fingerprint density at radius 2 is 2.00 bits per heavy atom. The smallest absolute Gasteiger partial charge is 0.254 e. The molecular formula is C16H19N5O. The number of aliphatic hydroxyl groups excluding tert-OH is 1. The zero-order valence-electron chi connectivity index (χ0n) is 13.0. The van der Waals surface area contributed by atoms with Crippen LogP contribution in [-0.4, -0.2) is 44.9 Å². The fraction of sp³-hybridized carbons (Fsp3) is 0.312. The molecule has 0 amide bonds. The van der Waals surface area contributed by atoms with Crippen LogP contribution in [0.15, 0.2) is 30.3 Å². The summed E-state index contributed by atoms with van der Waals surface area (Å²) < 4.78 is 1.72. The monoisotopic (exact) mass is 297 g/mol. The van der Waals surface area contributed by atoms with E-state index in [4.69, 9.17) is 5.11 Å². The minimum absolute atomic E-state index is 0.0821. The molecule has 2 heterocycles. The maximum Gasteiger partial charge on any atom is 0.254 e. The maximum atomic E-state index is 9.15. The predicted octanol–water partition coefficient (Wildman–Crippen LogP) is 1.84. The van der Waals surface area contributed by atoms with Crippen molar-refractivity contribution in [2.24, 2.45) is 0 Å². The molecule has 3 aromatic rings. The van der Waals surface area contributed by atoms with E-state index in [2.05, 4.69) is 21.1 Å². The average molecular weight is 297 g/mol. The van der Waals surface area contributed by atoms with Gasteiger partial charge in [0.1, 0.15) is 5.82 Å². The Kier molecular flexibility index (Phi) is 3.77. The Morgan fingerprint density at radius 3 is 2.73 bits per heavy atom. The largest absolute Gasteiger partial charge is 0.395 e. The normalized spacial score (nSPS) is 11.1. The SMILES string of the molecule is Cc1cccc(-c2nc3nc(C)cc(N(C)CCO)n3n2)c1. The van der Waals surface area contributed by atoms with E-state index < -0.39 is 0 Å². The Bertz CT molecular complexity index is 811.